The van der Waals surface area contributed by atoms with Gasteiger partial charge in [0.05, 0.1) is 12.2 Å². The quantitative estimate of drug-likeness (QED) is 0.476. The van der Waals surface area contributed by atoms with Gasteiger partial charge in [-0.2, -0.15) is 0 Å². The monoisotopic (exact) mass is 265 g/mol. The number of carbonyl (C=O) groups is 1. The average molecular weight is 266 g/mol. The van der Waals surface area contributed by atoms with Crippen LogP contribution in [0.25, 0.3) is 10.4 Å². The Labute approximate surface area is 109 Å². The van der Waals surface area contributed by atoms with Crippen molar-refractivity contribution in [1.29, 1.82) is 0 Å². The number of pyridine rings is 1. The van der Waals surface area contributed by atoms with Crippen LogP contribution in [-0.4, -0.2) is 28.9 Å². The third-order valence-corrected chi connectivity index (χ3v) is 3.06. The molecule has 1 aromatic rings. The summed E-state index contributed by atoms with van der Waals surface area (Å²) in [6.45, 7) is 1.42. The molecule has 1 saturated heterocycles. The SMILES string of the molecule is [N-]=[N+]=NCC1CC(=O)N(Cc2cc(Cl)ccn2)C1. The predicted molar refractivity (Wildman–Crippen MR) is 66.8 cm³/mol. The maximum Gasteiger partial charge on any atom is 0.223 e. The molecule has 0 aromatic carbocycles. The number of hydrogen-bond donors (Lipinski definition) is 0. The van der Waals surface area contributed by atoms with Crippen molar-refractivity contribution in [3.05, 3.63) is 39.5 Å². The third kappa shape index (κ3) is 3.12. The van der Waals surface area contributed by atoms with E-state index in [2.05, 4.69) is 15.0 Å². The first-order valence-electron chi connectivity index (χ1n) is 5.58. The number of hydrogen-bond acceptors (Lipinski definition) is 3. The summed E-state index contributed by atoms with van der Waals surface area (Å²) >= 11 is 5.87. The van der Waals surface area contributed by atoms with Crippen molar-refractivity contribution in [1.82, 2.24) is 9.88 Å². The minimum Gasteiger partial charge on any atom is -0.336 e. The van der Waals surface area contributed by atoms with Crippen LogP contribution >= 0.6 is 11.6 Å². The Morgan fingerprint density at radius 3 is 3.22 bits per heavy atom. The normalized spacial score (nSPS) is 18.8. The van der Waals surface area contributed by atoms with Crippen molar-refractivity contribution in [2.45, 2.75) is 13.0 Å². The number of azide groups is 1. The molecule has 1 fully saturated rings. The van der Waals surface area contributed by atoms with Crippen molar-refractivity contribution in [2.24, 2.45) is 11.0 Å². The van der Waals surface area contributed by atoms with E-state index in [9.17, 15) is 4.79 Å². The zero-order valence-electron chi connectivity index (χ0n) is 9.66. The van der Waals surface area contributed by atoms with Crippen LogP contribution in [0.5, 0.6) is 0 Å². The lowest BCUT2D eigenvalue weighted by Gasteiger charge is -2.15. The molecule has 18 heavy (non-hydrogen) atoms. The molecule has 1 atom stereocenters. The average Bonchev–Trinajstić information content (AvgIpc) is 2.68. The first kappa shape index (κ1) is 12.7. The van der Waals surface area contributed by atoms with E-state index in [-0.39, 0.29) is 11.8 Å². The number of rotatable bonds is 4. The Morgan fingerprint density at radius 2 is 2.50 bits per heavy atom. The van der Waals surface area contributed by atoms with Gasteiger partial charge in [0.25, 0.3) is 0 Å². The first-order chi connectivity index (χ1) is 8.69. The van der Waals surface area contributed by atoms with Gasteiger partial charge in [0.15, 0.2) is 0 Å². The molecule has 0 spiro atoms. The first-order valence-corrected chi connectivity index (χ1v) is 5.96. The van der Waals surface area contributed by atoms with E-state index < -0.39 is 0 Å². The molecule has 1 aromatic heterocycles. The number of amides is 1. The zero-order chi connectivity index (χ0) is 13.0. The largest absolute Gasteiger partial charge is 0.336 e. The van der Waals surface area contributed by atoms with Gasteiger partial charge < -0.3 is 4.90 Å². The number of halogens is 1. The van der Waals surface area contributed by atoms with Gasteiger partial charge in [0.2, 0.25) is 5.91 Å². The van der Waals surface area contributed by atoms with Gasteiger partial charge >= 0.3 is 0 Å². The lowest BCUT2D eigenvalue weighted by atomic mass is 10.1. The fourth-order valence-corrected chi connectivity index (χ4v) is 2.19. The molecule has 1 unspecified atom stereocenters. The summed E-state index contributed by atoms with van der Waals surface area (Å²) in [5, 5.41) is 4.12. The van der Waals surface area contributed by atoms with Crippen molar-refractivity contribution in [3.8, 4) is 0 Å². The van der Waals surface area contributed by atoms with Crippen LogP contribution in [0.3, 0.4) is 0 Å². The van der Waals surface area contributed by atoms with Crippen LogP contribution in [0.15, 0.2) is 23.4 Å². The summed E-state index contributed by atoms with van der Waals surface area (Å²) in [5.41, 5.74) is 9.02. The van der Waals surface area contributed by atoms with Gasteiger partial charge in [-0.3, -0.25) is 9.78 Å². The van der Waals surface area contributed by atoms with Crippen molar-refractivity contribution >= 4 is 17.5 Å². The summed E-state index contributed by atoms with van der Waals surface area (Å²) < 4.78 is 0. The summed E-state index contributed by atoms with van der Waals surface area (Å²) in [4.78, 5) is 20.4. The minimum atomic E-state index is 0.0647. The second kappa shape index (κ2) is 5.71. The lowest BCUT2D eigenvalue weighted by Crippen LogP contribution is -2.25. The Bertz CT molecular complexity index is 500. The number of aromatic nitrogens is 1. The molecule has 0 saturated carbocycles. The van der Waals surface area contributed by atoms with E-state index in [4.69, 9.17) is 17.1 Å². The molecule has 1 amide bonds. The van der Waals surface area contributed by atoms with Gasteiger partial charge in [0.1, 0.15) is 0 Å². The van der Waals surface area contributed by atoms with Gasteiger partial charge in [0, 0.05) is 35.6 Å². The summed E-state index contributed by atoms with van der Waals surface area (Å²) in [7, 11) is 0. The highest BCUT2D eigenvalue weighted by atomic mass is 35.5. The Balaban J connectivity index is 1.98. The Morgan fingerprint density at radius 1 is 1.67 bits per heavy atom. The molecular formula is C11H12ClN5O. The van der Waals surface area contributed by atoms with E-state index in [0.29, 0.717) is 31.1 Å². The number of nitrogens with zero attached hydrogens (tertiary/aromatic N) is 5. The van der Waals surface area contributed by atoms with Gasteiger partial charge in [-0.1, -0.05) is 16.7 Å². The molecule has 94 valence electrons. The fraction of sp³-hybridized carbons (Fsp3) is 0.455. The van der Waals surface area contributed by atoms with Crippen LogP contribution in [0.2, 0.25) is 5.02 Å². The van der Waals surface area contributed by atoms with E-state index >= 15 is 0 Å². The van der Waals surface area contributed by atoms with Crippen LogP contribution in [-0.2, 0) is 11.3 Å². The molecule has 2 rings (SSSR count). The molecule has 0 N–H and O–H groups in total. The highest BCUT2D eigenvalue weighted by molar-refractivity contribution is 6.30. The number of carbonyl (C=O) groups excluding carboxylic acids is 1. The van der Waals surface area contributed by atoms with E-state index in [0.717, 1.165) is 5.69 Å². The molecule has 0 aliphatic carbocycles. The van der Waals surface area contributed by atoms with Gasteiger partial charge in [-0.25, -0.2) is 0 Å². The lowest BCUT2D eigenvalue weighted by molar-refractivity contribution is -0.128. The van der Waals surface area contributed by atoms with E-state index in [1.165, 1.54) is 0 Å². The molecule has 1 aliphatic heterocycles. The van der Waals surface area contributed by atoms with Crippen LogP contribution in [0, 0.1) is 5.92 Å². The highest BCUT2D eigenvalue weighted by Gasteiger charge is 2.29. The zero-order valence-corrected chi connectivity index (χ0v) is 10.4. The van der Waals surface area contributed by atoms with Crippen molar-refractivity contribution < 1.29 is 4.79 Å². The number of likely N-dealkylation sites (tertiary alicyclic amines) is 1. The maximum atomic E-state index is 11.8. The topological polar surface area (TPSA) is 82.0 Å². The Kier molecular flexibility index (Phi) is 4.02. The second-order valence-corrected chi connectivity index (χ2v) is 4.66. The second-order valence-electron chi connectivity index (χ2n) is 4.22. The Hall–Kier alpha value is -1.78. The van der Waals surface area contributed by atoms with Crippen LogP contribution in [0.1, 0.15) is 12.1 Å². The summed E-state index contributed by atoms with van der Waals surface area (Å²) in [6.07, 6.45) is 2.05. The third-order valence-electron chi connectivity index (χ3n) is 2.83. The molecule has 0 bridgehead atoms. The smallest absolute Gasteiger partial charge is 0.223 e. The highest BCUT2D eigenvalue weighted by Crippen LogP contribution is 2.20. The standard InChI is InChI=1S/C11H12ClN5O/c12-9-1-2-14-10(4-9)7-17-6-8(3-11(17)18)5-15-16-13/h1-2,4,8H,3,5-7H2. The molecule has 6 nitrogen and oxygen atoms in total. The molecule has 7 heteroatoms. The van der Waals surface area contributed by atoms with Crippen LogP contribution < -0.4 is 0 Å². The van der Waals surface area contributed by atoms with E-state index in [1.54, 1.807) is 23.2 Å². The predicted octanol–water partition coefficient (Wildman–Crippen LogP) is 2.39. The van der Waals surface area contributed by atoms with Crippen LogP contribution in [0.4, 0.5) is 0 Å². The minimum absolute atomic E-state index is 0.0647. The fourth-order valence-electron chi connectivity index (χ4n) is 2.01. The van der Waals surface area contributed by atoms with E-state index in [1.807, 2.05) is 0 Å². The molecular weight excluding hydrogens is 254 g/mol. The van der Waals surface area contributed by atoms with Gasteiger partial charge in [-0.05, 0) is 23.6 Å². The maximum absolute atomic E-state index is 11.8. The van der Waals surface area contributed by atoms with Gasteiger partial charge in [-0.15, -0.1) is 0 Å². The molecule has 0 radical (unpaired) electrons. The van der Waals surface area contributed by atoms with Crippen molar-refractivity contribution in [2.75, 3.05) is 13.1 Å². The molecule has 1 aliphatic rings. The molecule has 2 heterocycles. The summed E-state index contributed by atoms with van der Waals surface area (Å²) in [5.74, 6) is 0.169. The van der Waals surface area contributed by atoms with Crippen molar-refractivity contribution in [3.63, 3.8) is 0 Å². The summed E-state index contributed by atoms with van der Waals surface area (Å²) in [6, 6.07) is 3.44.